The summed E-state index contributed by atoms with van der Waals surface area (Å²) in [7, 11) is 0. The third-order valence-corrected chi connectivity index (χ3v) is 3.80. The van der Waals surface area contributed by atoms with E-state index < -0.39 is 5.41 Å². The number of halogens is 1. The van der Waals surface area contributed by atoms with Crippen LogP contribution in [0.1, 0.15) is 25.8 Å². The summed E-state index contributed by atoms with van der Waals surface area (Å²) in [6.45, 7) is 5.42. The standard InChI is InChI=1S/C14H18ClNO/c1-14(2,11-6-4-3-5-7-11)13(17)16-9-8-12(15)10-16/h3-7,12H,8-10H2,1-2H3. The Morgan fingerprint density at radius 1 is 1.35 bits per heavy atom. The van der Waals surface area contributed by atoms with E-state index in [2.05, 4.69) is 0 Å². The summed E-state index contributed by atoms with van der Waals surface area (Å²) in [6, 6.07) is 9.92. The minimum absolute atomic E-state index is 0.116. The van der Waals surface area contributed by atoms with Crippen molar-refractivity contribution in [2.45, 2.75) is 31.1 Å². The zero-order valence-electron chi connectivity index (χ0n) is 10.3. The van der Waals surface area contributed by atoms with Crippen molar-refractivity contribution in [2.75, 3.05) is 13.1 Å². The van der Waals surface area contributed by atoms with Gasteiger partial charge in [-0.05, 0) is 25.8 Å². The van der Waals surface area contributed by atoms with Gasteiger partial charge >= 0.3 is 0 Å². The third kappa shape index (κ3) is 2.47. The van der Waals surface area contributed by atoms with Crippen LogP contribution in [0.25, 0.3) is 0 Å². The summed E-state index contributed by atoms with van der Waals surface area (Å²) in [6.07, 6.45) is 0.901. The highest BCUT2D eigenvalue weighted by Crippen LogP contribution is 2.28. The summed E-state index contributed by atoms with van der Waals surface area (Å²) in [5, 5.41) is 0.116. The molecule has 1 aliphatic rings. The molecule has 2 rings (SSSR count). The predicted molar refractivity (Wildman–Crippen MR) is 70.3 cm³/mol. The molecule has 0 aromatic heterocycles. The van der Waals surface area contributed by atoms with Crippen molar-refractivity contribution in [3.05, 3.63) is 35.9 Å². The third-order valence-electron chi connectivity index (χ3n) is 3.45. The number of likely N-dealkylation sites (tertiary alicyclic amines) is 1. The van der Waals surface area contributed by atoms with Crippen molar-refractivity contribution >= 4 is 17.5 Å². The maximum Gasteiger partial charge on any atom is 0.232 e. The summed E-state index contributed by atoms with van der Waals surface area (Å²) < 4.78 is 0. The Morgan fingerprint density at radius 2 is 2.00 bits per heavy atom. The van der Waals surface area contributed by atoms with Crippen LogP contribution in [-0.2, 0) is 10.2 Å². The molecule has 1 heterocycles. The summed E-state index contributed by atoms with van der Waals surface area (Å²) in [4.78, 5) is 14.4. The molecular formula is C14H18ClNO. The van der Waals surface area contributed by atoms with E-state index in [1.807, 2.05) is 49.1 Å². The molecule has 17 heavy (non-hydrogen) atoms. The van der Waals surface area contributed by atoms with Crippen LogP contribution in [0.4, 0.5) is 0 Å². The van der Waals surface area contributed by atoms with Gasteiger partial charge in [0.1, 0.15) is 0 Å². The molecule has 1 amide bonds. The van der Waals surface area contributed by atoms with E-state index in [1.54, 1.807) is 0 Å². The van der Waals surface area contributed by atoms with E-state index in [1.165, 1.54) is 0 Å². The summed E-state index contributed by atoms with van der Waals surface area (Å²) in [5.41, 5.74) is 0.588. The van der Waals surface area contributed by atoms with Crippen LogP contribution in [0, 0.1) is 0 Å². The van der Waals surface area contributed by atoms with Crippen molar-refractivity contribution < 1.29 is 4.79 Å². The highest BCUT2D eigenvalue weighted by Gasteiger charge is 2.36. The van der Waals surface area contributed by atoms with Gasteiger partial charge in [-0.25, -0.2) is 0 Å². The molecule has 1 aromatic carbocycles. The van der Waals surface area contributed by atoms with Crippen molar-refractivity contribution in [2.24, 2.45) is 0 Å². The van der Waals surface area contributed by atoms with E-state index in [-0.39, 0.29) is 11.3 Å². The fourth-order valence-electron chi connectivity index (χ4n) is 2.28. The van der Waals surface area contributed by atoms with Gasteiger partial charge in [0.2, 0.25) is 5.91 Å². The molecule has 0 N–H and O–H groups in total. The Kier molecular flexibility index (Phi) is 3.43. The second-order valence-corrected chi connectivity index (χ2v) is 5.75. The second-order valence-electron chi connectivity index (χ2n) is 5.13. The lowest BCUT2D eigenvalue weighted by molar-refractivity contribution is -0.135. The molecule has 1 atom stereocenters. The number of carbonyl (C=O) groups excluding carboxylic acids is 1. The molecule has 1 aliphatic heterocycles. The Labute approximate surface area is 108 Å². The van der Waals surface area contributed by atoms with Gasteiger partial charge in [-0.3, -0.25) is 4.79 Å². The topological polar surface area (TPSA) is 20.3 Å². The van der Waals surface area contributed by atoms with Gasteiger partial charge in [0.25, 0.3) is 0 Å². The highest BCUT2D eigenvalue weighted by molar-refractivity contribution is 6.21. The first-order valence-electron chi connectivity index (χ1n) is 6.01. The molecule has 92 valence electrons. The quantitative estimate of drug-likeness (QED) is 0.741. The largest absolute Gasteiger partial charge is 0.340 e. The van der Waals surface area contributed by atoms with Gasteiger partial charge in [-0.2, -0.15) is 0 Å². The number of rotatable bonds is 2. The molecule has 0 aliphatic carbocycles. The van der Waals surface area contributed by atoms with Crippen molar-refractivity contribution in [1.29, 1.82) is 0 Å². The SMILES string of the molecule is CC(C)(C(=O)N1CCC(Cl)C1)c1ccccc1. The smallest absolute Gasteiger partial charge is 0.232 e. The fourth-order valence-corrected chi connectivity index (χ4v) is 2.54. The van der Waals surface area contributed by atoms with Crippen LogP contribution in [0.15, 0.2) is 30.3 Å². The van der Waals surface area contributed by atoms with Gasteiger partial charge in [0.05, 0.1) is 10.8 Å². The van der Waals surface area contributed by atoms with Crippen LogP contribution >= 0.6 is 11.6 Å². The van der Waals surface area contributed by atoms with Gasteiger partial charge < -0.3 is 4.90 Å². The number of alkyl halides is 1. The maximum absolute atomic E-state index is 12.5. The Hall–Kier alpha value is -1.02. The fraction of sp³-hybridized carbons (Fsp3) is 0.500. The second kappa shape index (κ2) is 4.69. The minimum Gasteiger partial charge on any atom is -0.340 e. The molecule has 2 nitrogen and oxygen atoms in total. The van der Waals surface area contributed by atoms with E-state index in [0.29, 0.717) is 6.54 Å². The maximum atomic E-state index is 12.5. The van der Waals surface area contributed by atoms with Crippen LogP contribution in [0.5, 0.6) is 0 Å². The number of amides is 1. The monoisotopic (exact) mass is 251 g/mol. The molecule has 0 radical (unpaired) electrons. The van der Waals surface area contributed by atoms with E-state index >= 15 is 0 Å². The molecule has 3 heteroatoms. The van der Waals surface area contributed by atoms with Crippen LogP contribution in [0.2, 0.25) is 0 Å². The van der Waals surface area contributed by atoms with E-state index in [4.69, 9.17) is 11.6 Å². The van der Waals surface area contributed by atoms with Crippen LogP contribution < -0.4 is 0 Å². The van der Waals surface area contributed by atoms with Crippen LogP contribution in [0.3, 0.4) is 0 Å². The van der Waals surface area contributed by atoms with Crippen molar-refractivity contribution in [3.63, 3.8) is 0 Å². The molecule has 1 saturated heterocycles. The zero-order valence-corrected chi connectivity index (χ0v) is 11.1. The number of benzene rings is 1. The number of hydrogen-bond donors (Lipinski definition) is 0. The lowest BCUT2D eigenvalue weighted by Gasteiger charge is -2.29. The molecule has 0 spiro atoms. The van der Waals surface area contributed by atoms with E-state index in [0.717, 1.165) is 18.5 Å². The van der Waals surface area contributed by atoms with Gasteiger partial charge in [0.15, 0.2) is 0 Å². The molecular weight excluding hydrogens is 234 g/mol. The van der Waals surface area contributed by atoms with E-state index in [9.17, 15) is 4.79 Å². The van der Waals surface area contributed by atoms with Gasteiger partial charge in [-0.1, -0.05) is 30.3 Å². The number of hydrogen-bond acceptors (Lipinski definition) is 1. The lowest BCUT2D eigenvalue weighted by Crippen LogP contribution is -2.42. The first-order valence-corrected chi connectivity index (χ1v) is 6.44. The molecule has 1 fully saturated rings. The van der Waals surface area contributed by atoms with Gasteiger partial charge in [-0.15, -0.1) is 11.6 Å². The molecule has 0 saturated carbocycles. The predicted octanol–water partition coefficient (Wildman–Crippen LogP) is 2.80. The Morgan fingerprint density at radius 3 is 2.53 bits per heavy atom. The zero-order chi connectivity index (χ0) is 12.5. The lowest BCUT2D eigenvalue weighted by atomic mass is 9.83. The molecule has 1 aromatic rings. The average Bonchev–Trinajstić information content (AvgIpc) is 2.76. The summed E-state index contributed by atoms with van der Waals surface area (Å²) in [5.74, 6) is 0.173. The number of nitrogens with zero attached hydrogens (tertiary/aromatic N) is 1. The summed E-state index contributed by atoms with van der Waals surface area (Å²) >= 11 is 6.05. The normalized spacial score (nSPS) is 20.6. The average molecular weight is 252 g/mol. The first-order chi connectivity index (χ1) is 8.01. The Bertz CT molecular complexity index is 402. The minimum atomic E-state index is -0.470. The molecule has 1 unspecified atom stereocenters. The highest BCUT2D eigenvalue weighted by atomic mass is 35.5. The van der Waals surface area contributed by atoms with Gasteiger partial charge in [0, 0.05) is 13.1 Å². The van der Waals surface area contributed by atoms with Crippen LogP contribution in [-0.4, -0.2) is 29.3 Å². The van der Waals surface area contributed by atoms with Crippen molar-refractivity contribution in [3.8, 4) is 0 Å². The first kappa shape index (κ1) is 12.4. The number of carbonyl (C=O) groups is 1. The van der Waals surface area contributed by atoms with Crippen molar-refractivity contribution in [1.82, 2.24) is 4.90 Å². The Balaban J connectivity index is 2.18. The molecule has 0 bridgehead atoms.